The summed E-state index contributed by atoms with van der Waals surface area (Å²) < 4.78 is 11.3. The molecule has 146 valence electrons. The maximum atomic E-state index is 12.8. The van der Waals surface area contributed by atoms with Gasteiger partial charge in [0.1, 0.15) is 11.5 Å². The first-order valence-electron chi connectivity index (χ1n) is 9.58. The first kappa shape index (κ1) is 20.8. The number of ether oxygens (including phenoxy) is 2. The summed E-state index contributed by atoms with van der Waals surface area (Å²) in [5, 5.41) is 3.15. The number of carbonyl (C=O) groups is 1. The highest BCUT2D eigenvalue weighted by Gasteiger charge is 2.22. The van der Waals surface area contributed by atoms with Crippen molar-refractivity contribution >= 4 is 5.91 Å². The van der Waals surface area contributed by atoms with E-state index in [2.05, 4.69) is 24.4 Å². The molecule has 0 spiro atoms. The van der Waals surface area contributed by atoms with Crippen molar-refractivity contribution < 1.29 is 14.3 Å². The van der Waals surface area contributed by atoms with E-state index in [-0.39, 0.29) is 11.9 Å². The molecule has 0 unspecified atom stereocenters. The normalized spacial score (nSPS) is 13.0. The Balaban J connectivity index is 2.12. The number of methoxy groups -OCH3 is 1. The molecule has 27 heavy (non-hydrogen) atoms. The van der Waals surface area contributed by atoms with Gasteiger partial charge >= 0.3 is 0 Å². The van der Waals surface area contributed by atoms with Crippen LogP contribution >= 0.6 is 0 Å². The van der Waals surface area contributed by atoms with E-state index in [4.69, 9.17) is 9.47 Å². The van der Waals surface area contributed by atoms with Gasteiger partial charge in [-0.05, 0) is 62.4 Å². The quantitative estimate of drug-likeness (QED) is 0.709. The second-order valence-electron chi connectivity index (χ2n) is 6.98. The molecule has 2 aromatic carbocycles. The largest absolute Gasteiger partial charge is 0.496 e. The van der Waals surface area contributed by atoms with Crippen LogP contribution in [0.1, 0.15) is 55.0 Å². The molecule has 0 saturated carbocycles. The van der Waals surface area contributed by atoms with E-state index < -0.39 is 6.10 Å². The van der Waals surface area contributed by atoms with Crippen molar-refractivity contribution in [1.29, 1.82) is 0 Å². The summed E-state index contributed by atoms with van der Waals surface area (Å²) in [6.07, 6.45) is 0.897. The van der Waals surface area contributed by atoms with E-state index in [1.807, 2.05) is 52.0 Å². The van der Waals surface area contributed by atoms with Gasteiger partial charge in [-0.2, -0.15) is 0 Å². The maximum absolute atomic E-state index is 12.8. The number of aryl methyl sites for hydroxylation is 3. The molecule has 2 aromatic rings. The number of nitrogens with one attached hydrogen (secondary N) is 1. The summed E-state index contributed by atoms with van der Waals surface area (Å²) >= 11 is 0. The average molecular weight is 370 g/mol. The van der Waals surface area contributed by atoms with Crippen LogP contribution in [0.15, 0.2) is 36.4 Å². The lowest BCUT2D eigenvalue weighted by molar-refractivity contribution is -0.129. The molecule has 0 fully saturated rings. The highest BCUT2D eigenvalue weighted by molar-refractivity contribution is 5.81. The zero-order valence-corrected chi connectivity index (χ0v) is 17.3. The fraction of sp³-hybridized carbons (Fsp3) is 0.435. The van der Waals surface area contributed by atoms with Gasteiger partial charge in [0.05, 0.1) is 13.2 Å². The summed E-state index contributed by atoms with van der Waals surface area (Å²) in [4.78, 5) is 12.8. The second kappa shape index (κ2) is 9.45. The summed E-state index contributed by atoms with van der Waals surface area (Å²) in [7, 11) is 1.66. The van der Waals surface area contributed by atoms with Gasteiger partial charge in [-0.25, -0.2) is 0 Å². The summed E-state index contributed by atoms with van der Waals surface area (Å²) in [6, 6.07) is 12.0. The summed E-state index contributed by atoms with van der Waals surface area (Å²) in [5.41, 5.74) is 4.35. The fourth-order valence-electron chi connectivity index (χ4n) is 3.21. The van der Waals surface area contributed by atoms with Gasteiger partial charge in [-0.3, -0.25) is 4.79 Å². The van der Waals surface area contributed by atoms with Gasteiger partial charge in [0, 0.05) is 0 Å². The lowest BCUT2D eigenvalue weighted by Crippen LogP contribution is -2.40. The van der Waals surface area contributed by atoms with Crippen LogP contribution in [0.4, 0.5) is 0 Å². The molecule has 0 saturated heterocycles. The zero-order valence-electron chi connectivity index (χ0n) is 17.3. The SMILES string of the molecule is CC[C@@H](Oc1ccc(C)cc1C)C(=O)N[C@H](CC)c1ccc(OC)c(C)c1. The van der Waals surface area contributed by atoms with E-state index in [0.29, 0.717) is 6.42 Å². The van der Waals surface area contributed by atoms with Crippen LogP contribution in [-0.4, -0.2) is 19.1 Å². The predicted octanol–water partition coefficient (Wildman–Crippen LogP) is 5.05. The molecule has 0 aromatic heterocycles. The third-order valence-electron chi connectivity index (χ3n) is 4.81. The Morgan fingerprint density at radius 1 is 0.963 bits per heavy atom. The molecule has 4 heteroatoms. The van der Waals surface area contributed by atoms with Crippen molar-refractivity contribution in [3.8, 4) is 11.5 Å². The number of hydrogen-bond acceptors (Lipinski definition) is 3. The van der Waals surface area contributed by atoms with E-state index in [1.165, 1.54) is 5.56 Å². The molecule has 1 amide bonds. The van der Waals surface area contributed by atoms with Gasteiger partial charge in [0.25, 0.3) is 5.91 Å². The highest BCUT2D eigenvalue weighted by atomic mass is 16.5. The first-order valence-corrected chi connectivity index (χ1v) is 9.58. The van der Waals surface area contributed by atoms with Crippen LogP contribution < -0.4 is 14.8 Å². The van der Waals surface area contributed by atoms with Crippen LogP contribution in [0.2, 0.25) is 0 Å². The van der Waals surface area contributed by atoms with Crippen molar-refractivity contribution in [3.05, 3.63) is 58.7 Å². The molecule has 2 atom stereocenters. The molecule has 4 nitrogen and oxygen atoms in total. The number of hydrogen-bond donors (Lipinski definition) is 1. The van der Waals surface area contributed by atoms with Crippen molar-refractivity contribution in [3.63, 3.8) is 0 Å². The van der Waals surface area contributed by atoms with Crippen LogP contribution in [0.3, 0.4) is 0 Å². The van der Waals surface area contributed by atoms with E-state index in [0.717, 1.165) is 34.6 Å². The minimum atomic E-state index is -0.514. The van der Waals surface area contributed by atoms with Crippen LogP contribution in [0, 0.1) is 20.8 Å². The molecular weight excluding hydrogens is 338 g/mol. The smallest absolute Gasteiger partial charge is 0.261 e. The number of amides is 1. The van der Waals surface area contributed by atoms with E-state index in [9.17, 15) is 4.79 Å². The molecule has 2 rings (SSSR count). The van der Waals surface area contributed by atoms with Gasteiger partial charge in [-0.1, -0.05) is 43.7 Å². The van der Waals surface area contributed by atoms with Crippen molar-refractivity contribution in [2.45, 2.75) is 59.6 Å². The third kappa shape index (κ3) is 5.25. The van der Waals surface area contributed by atoms with Gasteiger partial charge < -0.3 is 14.8 Å². The molecule has 0 bridgehead atoms. The van der Waals surface area contributed by atoms with Gasteiger partial charge in [0.2, 0.25) is 0 Å². The highest BCUT2D eigenvalue weighted by Crippen LogP contribution is 2.25. The lowest BCUT2D eigenvalue weighted by atomic mass is 10.0. The minimum absolute atomic E-state index is 0.0566. The van der Waals surface area contributed by atoms with Crippen molar-refractivity contribution in [2.24, 2.45) is 0 Å². The second-order valence-corrected chi connectivity index (χ2v) is 6.98. The topological polar surface area (TPSA) is 47.6 Å². The average Bonchev–Trinajstić information content (AvgIpc) is 2.65. The Bertz CT molecular complexity index is 785. The van der Waals surface area contributed by atoms with Crippen LogP contribution in [0.5, 0.6) is 11.5 Å². The van der Waals surface area contributed by atoms with E-state index >= 15 is 0 Å². The van der Waals surface area contributed by atoms with Crippen molar-refractivity contribution in [1.82, 2.24) is 5.32 Å². The Kier molecular flexibility index (Phi) is 7.28. The van der Waals surface area contributed by atoms with Gasteiger partial charge in [0.15, 0.2) is 6.10 Å². The Labute approximate surface area is 162 Å². The molecule has 0 aliphatic carbocycles. The number of benzene rings is 2. The third-order valence-corrected chi connectivity index (χ3v) is 4.81. The van der Waals surface area contributed by atoms with Crippen LogP contribution in [0.25, 0.3) is 0 Å². The molecule has 0 aliphatic rings. The fourth-order valence-corrected chi connectivity index (χ4v) is 3.21. The maximum Gasteiger partial charge on any atom is 0.261 e. The first-order chi connectivity index (χ1) is 12.9. The van der Waals surface area contributed by atoms with E-state index in [1.54, 1.807) is 7.11 Å². The Morgan fingerprint density at radius 3 is 2.19 bits per heavy atom. The number of rotatable bonds is 8. The Hall–Kier alpha value is -2.49. The molecule has 0 heterocycles. The Morgan fingerprint density at radius 2 is 1.63 bits per heavy atom. The molecular formula is C23H31NO3. The minimum Gasteiger partial charge on any atom is -0.496 e. The standard InChI is InChI=1S/C23H31NO3/c1-7-19(18-10-12-21(26-6)17(5)14-18)24-23(25)20(8-2)27-22-11-9-15(3)13-16(22)4/h9-14,19-20H,7-8H2,1-6H3,(H,24,25)/t19-,20-/m1/s1. The van der Waals surface area contributed by atoms with Crippen molar-refractivity contribution in [2.75, 3.05) is 7.11 Å². The molecule has 0 aliphatic heterocycles. The summed E-state index contributed by atoms with van der Waals surface area (Å²) in [5.74, 6) is 1.53. The van der Waals surface area contributed by atoms with Gasteiger partial charge in [-0.15, -0.1) is 0 Å². The monoisotopic (exact) mass is 369 g/mol. The van der Waals surface area contributed by atoms with Crippen LogP contribution in [-0.2, 0) is 4.79 Å². The zero-order chi connectivity index (χ0) is 20.0. The predicted molar refractivity (Wildman–Crippen MR) is 110 cm³/mol. The molecule has 1 N–H and O–H groups in total. The summed E-state index contributed by atoms with van der Waals surface area (Å²) in [6.45, 7) is 10.1. The molecule has 0 radical (unpaired) electrons. The lowest BCUT2D eigenvalue weighted by Gasteiger charge is -2.23. The number of carbonyl (C=O) groups excluding carboxylic acids is 1.